The molecule has 0 aliphatic heterocycles. The van der Waals surface area contributed by atoms with Gasteiger partial charge in [0.2, 0.25) is 0 Å². The molecule has 4 heteroatoms. The zero-order valence-corrected chi connectivity index (χ0v) is 9.76. The van der Waals surface area contributed by atoms with E-state index in [9.17, 15) is 0 Å². The van der Waals surface area contributed by atoms with Crippen molar-refractivity contribution < 1.29 is 0 Å². The topological polar surface area (TPSA) is 49.6 Å². The standard InChI is InChI=1S/C13H9N3S/c14-8-7-12(11-5-2-1-3-6-11)17-13-15-9-4-10-16-13/h1-7,9-10H/b12-7-. The molecule has 0 atom stereocenters. The SMILES string of the molecule is N#C/C=C(\Sc1ncccn1)c1ccccc1. The van der Waals surface area contributed by atoms with Gasteiger partial charge in [0.25, 0.3) is 0 Å². The Morgan fingerprint density at radius 2 is 1.82 bits per heavy atom. The average molecular weight is 239 g/mol. The number of thioether (sulfide) groups is 1. The van der Waals surface area contributed by atoms with Crippen LogP contribution in [0.1, 0.15) is 5.56 Å². The summed E-state index contributed by atoms with van der Waals surface area (Å²) < 4.78 is 0. The second kappa shape index (κ2) is 5.83. The smallest absolute Gasteiger partial charge is 0.192 e. The lowest BCUT2D eigenvalue weighted by Crippen LogP contribution is -1.85. The van der Waals surface area contributed by atoms with Gasteiger partial charge >= 0.3 is 0 Å². The molecule has 0 saturated carbocycles. The van der Waals surface area contributed by atoms with E-state index in [1.54, 1.807) is 18.5 Å². The van der Waals surface area contributed by atoms with Crippen LogP contribution in [0.25, 0.3) is 4.91 Å². The molecular formula is C13H9N3S. The fourth-order valence-corrected chi connectivity index (χ4v) is 2.06. The lowest BCUT2D eigenvalue weighted by Gasteiger charge is -2.04. The number of nitriles is 1. The largest absolute Gasteiger partial charge is 0.231 e. The first-order valence-electron chi connectivity index (χ1n) is 5.00. The summed E-state index contributed by atoms with van der Waals surface area (Å²) in [6.45, 7) is 0. The summed E-state index contributed by atoms with van der Waals surface area (Å²) in [6.07, 6.45) is 4.88. The third-order valence-electron chi connectivity index (χ3n) is 2.00. The second-order valence-corrected chi connectivity index (χ2v) is 4.15. The van der Waals surface area contributed by atoms with E-state index in [2.05, 4.69) is 9.97 Å². The molecule has 1 aromatic carbocycles. The Bertz CT molecular complexity index is 544. The van der Waals surface area contributed by atoms with Crippen LogP contribution in [0.15, 0.2) is 60.0 Å². The number of hydrogen-bond acceptors (Lipinski definition) is 4. The van der Waals surface area contributed by atoms with Crippen molar-refractivity contribution in [1.82, 2.24) is 9.97 Å². The van der Waals surface area contributed by atoms with Crippen LogP contribution in [0.2, 0.25) is 0 Å². The minimum Gasteiger partial charge on any atom is -0.231 e. The van der Waals surface area contributed by atoms with Crippen LogP contribution >= 0.6 is 11.8 Å². The Hall–Kier alpha value is -2.12. The molecule has 0 saturated heterocycles. The van der Waals surface area contributed by atoms with E-state index in [0.717, 1.165) is 10.5 Å². The lowest BCUT2D eigenvalue weighted by atomic mass is 10.2. The molecule has 0 unspecified atom stereocenters. The summed E-state index contributed by atoms with van der Waals surface area (Å²) in [7, 11) is 0. The molecular weight excluding hydrogens is 230 g/mol. The van der Waals surface area contributed by atoms with Crippen LogP contribution in [0.5, 0.6) is 0 Å². The maximum atomic E-state index is 8.80. The normalized spacial score (nSPS) is 10.9. The molecule has 2 aromatic rings. The van der Waals surface area contributed by atoms with Gasteiger partial charge in [-0.3, -0.25) is 0 Å². The first kappa shape index (κ1) is 11.4. The summed E-state index contributed by atoms with van der Waals surface area (Å²) in [6, 6.07) is 13.5. The summed E-state index contributed by atoms with van der Waals surface area (Å²) in [5, 5.41) is 9.43. The molecule has 0 spiro atoms. The highest BCUT2D eigenvalue weighted by atomic mass is 32.2. The molecule has 82 valence electrons. The molecule has 0 bridgehead atoms. The Kier molecular flexibility index (Phi) is 3.90. The van der Waals surface area contributed by atoms with Crippen LogP contribution in [0.4, 0.5) is 0 Å². The van der Waals surface area contributed by atoms with Crippen molar-refractivity contribution in [1.29, 1.82) is 5.26 Å². The van der Waals surface area contributed by atoms with Crippen molar-refractivity contribution >= 4 is 16.7 Å². The highest BCUT2D eigenvalue weighted by molar-refractivity contribution is 8.08. The van der Waals surface area contributed by atoms with E-state index >= 15 is 0 Å². The van der Waals surface area contributed by atoms with Crippen LogP contribution in [0, 0.1) is 11.3 Å². The number of aromatic nitrogens is 2. The van der Waals surface area contributed by atoms with Crippen LogP contribution in [0.3, 0.4) is 0 Å². The molecule has 0 radical (unpaired) electrons. The van der Waals surface area contributed by atoms with E-state index < -0.39 is 0 Å². The average Bonchev–Trinajstić information content (AvgIpc) is 2.40. The highest BCUT2D eigenvalue weighted by Gasteiger charge is 2.05. The molecule has 0 amide bonds. The van der Waals surface area contributed by atoms with Gasteiger partial charge in [0, 0.05) is 23.4 Å². The molecule has 0 N–H and O–H groups in total. The van der Waals surface area contributed by atoms with Crippen molar-refractivity contribution in [3.63, 3.8) is 0 Å². The minimum absolute atomic E-state index is 0.637. The van der Waals surface area contributed by atoms with Gasteiger partial charge in [-0.1, -0.05) is 30.3 Å². The lowest BCUT2D eigenvalue weighted by molar-refractivity contribution is 0.972. The number of hydrogen-bond donors (Lipinski definition) is 0. The molecule has 1 aromatic heterocycles. The van der Waals surface area contributed by atoms with Gasteiger partial charge in [0.05, 0.1) is 6.07 Å². The van der Waals surface area contributed by atoms with E-state index in [4.69, 9.17) is 5.26 Å². The molecule has 3 nitrogen and oxygen atoms in total. The Balaban J connectivity index is 2.27. The van der Waals surface area contributed by atoms with Gasteiger partial charge in [0.1, 0.15) is 0 Å². The molecule has 0 aliphatic rings. The predicted octanol–water partition coefficient (Wildman–Crippen LogP) is 3.13. The van der Waals surface area contributed by atoms with Gasteiger partial charge < -0.3 is 0 Å². The number of nitrogens with zero attached hydrogens (tertiary/aromatic N) is 3. The molecule has 2 rings (SSSR count). The third-order valence-corrected chi connectivity index (χ3v) is 2.96. The fourth-order valence-electron chi connectivity index (χ4n) is 1.27. The molecule has 0 fully saturated rings. The number of benzene rings is 1. The van der Waals surface area contributed by atoms with Crippen molar-refractivity contribution in [2.75, 3.05) is 0 Å². The summed E-state index contributed by atoms with van der Waals surface area (Å²) in [5.41, 5.74) is 0.992. The van der Waals surface area contributed by atoms with Crippen molar-refractivity contribution in [3.8, 4) is 6.07 Å². The number of allylic oxidation sites excluding steroid dienone is 1. The van der Waals surface area contributed by atoms with Crippen molar-refractivity contribution in [2.45, 2.75) is 5.16 Å². The molecule has 1 heterocycles. The van der Waals surface area contributed by atoms with E-state index in [0.29, 0.717) is 5.16 Å². The monoisotopic (exact) mass is 239 g/mol. The summed E-state index contributed by atoms with van der Waals surface area (Å²) in [5.74, 6) is 0. The zero-order valence-electron chi connectivity index (χ0n) is 8.95. The maximum absolute atomic E-state index is 8.80. The molecule has 0 aliphatic carbocycles. The first-order valence-corrected chi connectivity index (χ1v) is 5.82. The summed E-state index contributed by atoms with van der Waals surface area (Å²) >= 11 is 1.38. The van der Waals surface area contributed by atoms with E-state index in [1.165, 1.54) is 17.8 Å². The van der Waals surface area contributed by atoms with Crippen molar-refractivity contribution in [2.24, 2.45) is 0 Å². The fraction of sp³-hybridized carbons (Fsp3) is 0. The van der Waals surface area contributed by atoms with Crippen LogP contribution in [-0.2, 0) is 0 Å². The number of rotatable bonds is 3. The molecule has 17 heavy (non-hydrogen) atoms. The quantitative estimate of drug-likeness (QED) is 0.469. The van der Waals surface area contributed by atoms with Gasteiger partial charge in [-0.15, -0.1) is 0 Å². The van der Waals surface area contributed by atoms with Crippen LogP contribution < -0.4 is 0 Å². The van der Waals surface area contributed by atoms with Gasteiger partial charge in [-0.05, 0) is 23.4 Å². The van der Waals surface area contributed by atoms with Gasteiger partial charge in [0.15, 0.2) is 5.16 Å². The van der Waals surface area contributed by atoms with Crippen molar-refractivity contribution in [3.05, 3.63) is 60.4 Å². The Morgan fingerprint density at radius 3 is 2.47 bits per heavy atom. The van der Waals surface area contributed by atoms with Gasteiger partial charge in [-0.25, -0.2) is 9.97 Å². The Morgan fingerprint density at radius 1 is 1.12 bits per heavy atom. The maximum Gasteiger partial charge on any atom is 0.192 e. The van der Waals surface area contributed by atoms with E-state index in [-0.39, 0.29) is 0 Å². The van der Waals surface area contributed by atoms with Gasteiger partial charge in [-0.2, -0.15) is 5.26 Å². The first-order chi connectivity index (χ1) is 8.40. The highest BCUT2D eigenvalue weighted by Crippen LogP contribution is 2.31. The van der Waals surface area contributed by atoms with Crippen LogP contribution in [-0.4, -0.2) is 9.97 Å². The Labute approximate surface area is 104 Å². The van der Waals surface area contributed by atoms with E-state index in [1.807, 2.05) is 36.4 Å². The minimum atomic E-state index is 0.637. The zero-order chi connectivity index (χ0) is 11.9. The second-order valence-electron chi connectivity index (χ2n) is 3.14. The summed E-state index contributed by atoms with van der Waals surface area (Å²) in [4.78, 5) is 9.10. The third kappa shape index (κ3) is 3.16. The predicted molar refractivity (Wildman–Crippen MR) is 67.9 cm³/mol.